The SMILES string of the molecule is C=CC/C(C)=C(/C)C(=O)/C(C)=C(/C)CC=C. The summed E-state index contributed by atoms with van der Waals surface area (Å²) < 4.78 is 0. The highest BCUT2D eigenvalue weighted by molar-refractivity contribution is 6.08. The summed E-state index contributed by atoms with van der Waals surface area (Å²) >= 11 is 0. The highest BCUT2D eigenvalue weighted by Crippen LogP contribution is 2.17. The Morgan fingerprint density at radius 3 is 1.44 bits per heavy atom. The van der Waals surface area contributed by atoms with E-state index in [9.17, 15) is 4.79 Å². The number of hydrogen-bond donors (Lipinski definition) is 0. The molecule has 16 heavy (non-hydrogen) atoms. The van der Waals surface area contributed by atoms with Crippen molar-refractivity contribution in [2.75, 3.05) is 0 Å². The smallest absolute Gasteiger partial charge is 0.184 e. The van der Waals surface area contributed by atoms with Crippen LogP contribution < -0.4 is 0 Å². The molecule has 0 unspecified atom stereocenters. The van der Waals surface area contributed by atoms with Crippen molar-refractivity contribution in [1.29, 1.82) is 0 Å². The minimum Gasteiger partial charge on any atom is -0.289 e. The number of carbonyl (C=O) groups excluding carboxylic acids is 1. The van der Waals surface area contributed by atoms with E-state index in [-0.39, 0.29) is 5.78 Å². The summed E-state index contributed by atoms with van der Waals surface area (Å²) in [7, 11) is 0. The fraction of sp³-hybridized carbons (Fsp3) is 0.400. The molecule has 0 aliphatic rings. The van der Waals surface area contributed by atoms with Gasteiger partial charge in [0.25, 0.3) is 0 Å². The van der Waals surface area contributed by atoms with Crippen molar-refractivity contribution in [2.45, 2.75) is 40.5 Å². The Balaban J connectivity index is 5.07. The molecule has 1 nitrogen and oxygen atoms in total. The first-order valence-corrected chi connectivity index (χ1v) is 5.54. The maximum Gasteiger partial charge on any atom is 0.184 e. The lowest BCUT2D eigenvalue weighted by molar-refractivity contribution is -0.112. The Hall–Kier alpha value is -1.37. The van der Waals surface area contributed by atoms with Gasteiger partial charge in [-0.3, -0.25) is 4.79 Å². The van der Waals surface area contributed by atoms with Crippen LogP contribution in [-0.4, -0.2) is 5.78 Å². The molecule has 0 aliphatic carbocycles. The van der Waals surface area contributed by atoms with Gasteiger partial charge in [0.05, 0.1) is 0 Å². The second-order valence-corrected chi connectivity index (χ2v) is 4.13. The summed E-state index contributed by atoms with van der Waals surface area (Å²) in [6.45, 7) is 15.1. The number of Topliss-reactive ketones (excluding diaryl/α,β-unsaturated/α-hetero) is 1. The van der Waals surface area contributed by atoms with Gasteiger partial charge in [-0.25, -0.2) is 0 Å². The molecule has 0 rings (SSSR count). The van der Waals surface area contributed by atoms with Crippen LogP contribution >= 0.6 is 0 Å². The van der Waals surface area contributed by atoms with Crippen LogP contribution in [0.3, 0.4) is 0 Å². The molecular formula is C15H22O. The Morgan fingerprint density at radius 1 is 0.875 bits per heavy atom. The van der Waals surface area contributed by atoms with Crippen LogP contribution in [0.4, 0.5) is 0 Å². The van der Waals surface area contributed by atoms with Gasteiger partial charge in [0.1, 0.15) is 0 Å². The Morgan fingerprint density at radius 2 is 1.19 bits per heavy atom. The Labute approximate surface area is 99.3 Å². The van der Waals surface area contributed by atoms with E-state index in [1.165, 1.54) is 0 Å². The first-order valence-electron chi connectivity index (χ1n) is 5.54. The molecule has 0 spiro atoms. The van der Waals surface area contributed by atoms with Gasteiger partial charge in [-0.1, -0.05) is 23.3 Å². The molecular weight excluding hydrogens is 196 g/mol. The molecule has 0 radical (unpaired) electrons. The van der Waals surface area contributed by atoms with Gasteiger partial charge in [-0.2, -0.15) is 0 Å². The largest absolute Gasteiger partial charge is 0.289 e. The summed E-state index contributed by atoms with van der Waals surface area (Å²) in [4.78, 5) is 12.1. The normalized spacial score (nSPS) is 13.8. The van der Waals surface area contributed by atoms with Gasteiger partial charge >= 0.3 is 0 Å². The maximum absolute atomic E-state index is 12.1. The molecule has 0 N–H and O–H groups in total. The monoisotopic (exact) mass is 218 g/mol. The van der Waals surface area contributed by atoms with E-state index in [2.05, 4.69) is 13.2 Å². The van der Waals surface area contributed by atoms with Gasteiger partial charge in [0.2, 0.25) is 0 Å². The molecule has 0 saturated carbocycles. The zero-order valence-corrected chi connectivity index (χ0v) is 10.9. The van der Waals surface area contributed by atoms with E-state index in [0.717, 1.165) is 35.1 Å². The number of allylic oxidation sites excluding steroid dienone is 6. The summed E-state index contributed by atoms with van der Waals surface area (Å²) in [5.74, 6) is 0.138. The van der Waals surface area contributed by atoms with Crippen LogP contribution in [0.2, 0.25) is 0 Å². The van der Waals surface area contributed by atoms with Crippen molar-refractivity contribution >= 4 is 5.78 Å². The van der Waals surface area contributed by atoms with Crippen molar-refractivity contribution in [2.24, 2.45) is 0 Å². The van der Waals surface area contributed by atoms with Gasteiger partial charge in [0.15, 0.2) is 5.78 Å². The molecule has 0 amide bonds. The summed E-state index contributed by atoms with van der Waals surface area (Å²) in [5, 5.41) is 0. The van der Waals surface area contributed by atoms with Crippen LogP contribution in [0.25, 0.3) is 0 Å². The lowest BCUT2D eigenvalue weighted by Gasteiger charge is -2.08. The molecule has 0 fully saturated rings. The van der Waals surface area contributed by atoms with Gasteiger partial charge in [-0.15, -0.1) is 13.2 Å². The number of rotatable bonds is 6. The first kappa shape index (κ1) is 14.6. The molecule has 1 heteroatoms. The quantitative estimate of drug-likeness (QED) is 0.477. The molecule has 0 heterocycles. The van der Waals surface area contributed by atoms with Crippen molar-refractivity contribution in [1.82, 2.24) is 0 Å². The number of carbonyl (C=O) groups is 1. The lowest BCUT2D eigenvalue weighted by Crippen LogP contribution is -2.05. The Kier molecular flexibility index (Phi) is 6.40. The second-order valence-electron chi connectivity index (χ2n) is 4.13. The van der Waals surface area contributed by atoms with E-state index < -0.39 is 0 Å². The topological polar surface area (TPSA) is 17.1 Å². The molecule has 0 aliphatic heterocycles. The predicted molar refractivity (Wildman–Crippen MR) is 71.4 cm³/mol. The van der Waals surface area contributed by atoms with E-state index in [0.29, 0.717) is 0 Å². The molecule has 0 bridgehead atoms. The highest BCUT2D eigenvalue weighted by atomic mass is 16.1. The summed E-state index contributed by atoms with van der Waals surface area (Å²) in [6.07, 6.45) is 5.18. The Bertz CT molecular complexity index is 320. The average molecular weight is 218 g/mol. The van der Waals surface area contributed by atoms with Crippen LogP contribution in [0.1, 0.15) is 40.5 Å². The maximum atomic E-state index is 12.1. The average Bonchev–Trinajstić information content (AvgIpc) is 2.26. The van der Waals surface area contributed by atoms with E-state index in [4.69, 9.17) is 0 Å². The number of hydrogen-bond acceptors (Lipinski definition) is 1. The third-order valence-electron chi connectivity index (χ3n) is 2.86. The minimum absolute atomic E-state index is 0.138. The summed E-state index contributed by atoms with van der Waals surface area (Å²) in [5.41, 5.74) is 3.85. The highest BCUT2D eigenvalue weighted by Gasteiger charge is 2.11. The van der Waals surface area contributed by atoms with Gasteiger partial charge < -0.3 is 0 Å². The molecule has 0 aromatic carbocycles. The molecule has 0 aromatic heterocycles. The van der Waals surface area contributed by atoms with Crippen LogP contribution in [0, 0.1) is 0 Å². The fourth-order valence-corrected chi connectivity index (χ4v) is 1.41. The van der Waals surface area contributed by atoms with Crippen molar-refractivity contribution in [3.05, 3.63) is 47.6 Å². The standard InChI is InChI=1S/C15H22O/c1-7-9-11(3)13(5)15(16)14(6)12(4)10-8-2/h7-8H,1-2,9-10H2,3-6H3/b13-11-,14-12-. The van der Waals surface area contributed by atoms with Gasteiger partial charge in [0, 0.05) is 0 Å². The predicted octanol–water partition coefficient (Wildman–Crippen LogP) is 4.38. The third kappa shape index (κ3) is 4.01. The molecule has 0 saturated heterocycles. The van der Waals surface area contributed by atoms with E-state index in [1.807, 2.05) is 39.8 Å². The second kappa shape index (κ2) is 7.00. The van der Waals surface area contributed by atoms with Crippen LogP contribution in [-0.2, 0) is 4.79 Å². The number of ketones is 1. The fourth-order valence-electron chi connectivity index (χ4n) is 1.41. The van der Waals surface area contributed by atoms with Crippen molar-refractivity contribution in [3.8, 4) is 0 Å². The summed E-state index contributed by atoms with van der Waals surface area (Å²) in [6, 6.07) is 0. The van der Waals surface area contributed by atoms with E-state index >= 15 is 0 Å². The van der Waals surface area contributed by atoms with Crippen LogP contribution in [0.15, 0.2) is 47.6 Å². The van der Waals surface area contributed by atoms with Crippen LogP contribution in [0.5, 0.6) is 0 Å². The zero-order valence-electron chi connectivity index (χ0n) is 10.9. The lowest BCUT2D eigenvalue weighted by atomic mass is 9.96. The first-order chi connectivity index (χ1) is 7.45. The molecule has 0 aromatic rings. The van der Waals surface area contributed by atoms with Crippen molar-refractivity contribution < 1.29 is 4.79 Å². The van der Waals surface area contributed by atoms with Gasteiger partial charge in [-0.05, 0) is 51.7 Å². The van der Waals surface area contributed by atoms with Crippen molar-refractivity contribution in [3.63, 3.8) is 0 Å². The molecule has 0 atom stereocenters. The minimum atomic E-state index is 0.138. The van der Waals surface area contributed by atoms with E-state index in [1.54, 1.807) is 0 Å². The molecule has 88 valence electrons. The zero-order chi connectivity index (χ0) is 12.7. The third-order valence-corrected chi connectivity index (χ3v) is 2.86.